The van der Waals surface area contributed by atoms with E-state index in [0.717, 1.165) is 0 Å². The second kappa shape index (κ2) is 5.52. The summed E-state index contributed by atoms with van der Waals surface area (Å²) in [4.78, 5) is 10.8. The van der Waals surface area contributed by atoms with E-state index in [0.29, 0.717) is 11.3 Å². The number of ether oxygens (including phenoxy) is 1. The molecule has 0 spiro atoms. The molecule has 0 aromatic heterocycles. The molecule has 1 unspecified atom stereocenters. The summed E-state index contributed by atoms with van der Waals surface area (Å²) in [5.74, 6) is -1.30. The van der Waals surface area contributed by atoms with Crippen molar-refractivity contribution >= 4 is 5.97 Å². The lowest BCUT2D eigenvalue weighted by Gasteiger charge is -2.09. The fourth-order valence-corrected chi connectivity index (χ4v) is 1.62. The van der Waals surface area contributed by atoms with Crippen molar-refractivity contribution in [3.63, 3.8) is 0 Å². The van der Waals surface area contributed by atoms with E-state index in [4.69, 9.17) is 9.84 Å². The van der Waals surface area contributed by atoms with E-state index < -0.39 is 17.7 Å². The Morgan fingerprint density at radius 3 is 2.37 bits per heavy atom. The van der Waals surface area contributed by atoms with Crippen LogP contribution in [0.25, 0.3) is 0 Å². The van der Waals surface area contributed by atoms with Gasteiger partial charge in [-0.2, -0.15) is 0 Å². The van der Waals surface area contributed by atoms with Gasteiger partial charge in [-0.25, -0.2) is 4.39 Å². The molecular weight excluding hydrogens is 247 g/mol. The Hall–Kier alpha value is -2.36. The van der Waals surface area contributed by atoms with Gasteiger partial charge in [0.15, 0.2) is 11.6 Å². The number of hydrogen-bond acceptors (Lipinski definition) is 2. The SMILES string of the molecule is CC(C(=O)O)c1ccc(Oc2ccccc2F)cc1. The maximum Gasteiger partial charge on any atom is 0.310 e. The third kappa shape index (κ3) is 3.10. The largest absolute Gasteiger partial charge is 0.481 e. The van der Waals surface area contributed by atoms with Gasteiger partial charge in [0, 0.05) is 0 Å². The van der Waals surface area contributed by atoms with Gasteiger partial charge in [-0.3, -0.25) is 4.79 Å². The maximum atomic E-state index is 13.4. The lowest BCUT2D eigenvalue weighted by atomic mass is 10.0. The van der Waals surface area contributed by atoms with Gasteiger partial charge < -0.3 is 9.84 Å². The van der Waals surface area contributed by atoms with Crippen molar-refractivity contribution in [3.8, 4) is 11.5 Å². The highest BCUT2D eigenvalue weighted by molar-refractivity contribution is 5.75. The predicted octanol–water partition coefficient (Wildman–Crippen LogP) is 3.81. The van der Waals surface area contributed by atoms with Crippen LogP contribution in [0.5, 0.6) is 11.5 Å². The molecule has 0 fully saturated rings. The molecule has 0 saturated heterocycles. The van der Waals surface area contributed by atoms with Crippen LogP contribution in [-0.4, -0.2) is 11.1 Å². The number of benzene rings is 2. The molecule has 4 heteroatoms. The van der Waals surface area contributed by atoms with Crippen LogP contribution in [-0.2, 0) is 4.79 Å². The molecule has 0 amide bonds. The Kier molecular flexibility index (Phi) is 3.80. The Morgan fingerprint density at radius 2 is 1.79 bits per heavy atom. The summed E-state index contributed by atoms with van der Waals surface area (Å²) in [7, 11) is 0. The van der Waals surface area contributed by atoms with Gasteiger partial charge in [-0.1, -0.05) is 24.3 Å². The number of carboxylic acids is 1. The molecule has 0 aliphatic heterocycles. The fourth-order valence-electron chi connectivity index (χ4n) is 1.62. The predicted molar refractivity (Wildman–Crippen MR) is 69.0 cm³/mol. The number of aliphatic carboxylic acids is 1. The van der Waals surface area contributed by atoms with Crippen molar-refractivity contribution in [3.05, 3.63) is 59.9 Å². The molecule has 1 N–H and O–H groups in total. The van der Waals surface area contributed by atoms with E-state index in [2.05, 4.69) is 0 Å². The topological polar surface area (TPSA) is 46.5 Å². The third-order valence-corrected chi connectivity index (χ3v) is 2.81. The number of para-hydroxylation sites is 1. The van der Waals surface area contributed by atoms with Crippen molar-refractivity contribution in [2.24, 2.45) is 0 Å². The quantitative estimate of drug-likeness (QED) is 0.909. The molecule has 0 heterocycles. The van der Waals surface area contributed by atoms with Gasteiger partial charge in [0.05, 0.1) is 5.92 Å². The van der Waals surface area contributed by atoms with Gasteiger partial charge in [0.25, 0.3) is 0 Å². The van der Waals surface area contributed by atoms with Crippen LogP contribution < -0.4 is 4.74 Å². The van der Waals surface area contributed by atoms with Crippen LogP contribution in [0.2, 0.25) is 0 Å². The lowest BCUT2D eigenvalue weighted by Crippen LogP contribution is -2.06. The van der Waals surface area contributed by atoms with Crippen LogP contribution >= 0.6 is 0 Å². The highest BCUT2D eigenvalue weighted by Crippen LogP contribution is 2.25. The molecule has 1 atom stereocenters. The second-order valence-electron chi connectivity index (χ2n) is 4.16. The van der Waals surface area contributed by atoms with Crippen LogP contribution in [0, 0.1) is 5.82 Å². The second-order valence-corrected chi connectivity index (χ2v) is 4.16. The van der Waals surface area contributed by atoms with Crippen molar-refractivity contribution in [2.45, 2.75) is 12.8 Å². The van der Waals surface area contributed by atoms with E-state index in [1.165, 1.54) is 12.1 Å². The smallest absolute Gasteiger partial charge is 0.310 e. The van der Waals surface area contributed by atoms with E-state index in [1.807, 2.05) is 0 Å². The zero-order chi connectivity index (χ0) is 13.8. The van der Waals surface area contributed by atoms with Gasteiger partial charge >= 0.3 is 5.97 Å². The number of carbonyl (C=O) groups is 1. The molecule has 0 aliphatic rings. The summed E-state index contributed by atoms with van der Waals surface area (Å²) in [6, 6.07) is 12.7. The normalized spacial score (nSPS) is 11.9. The fraction of sp³-hybridized carbons (Fsp3) is 0.133. The lowest BCUT2D eigenvalue weighted by molar-refractivity contribution is -0.138. The zero-order valence-electron chi connectivity index (χ0n) is 10.3. The monoisotopic (exact) mass is 260 g/mol. The van der Waals surface area contributed by atoms with Gasteiger partial charge in [0.1, 0.15) is 5.75 Å². The standard InChI is InChI=1S/C15H13FO3/c1-10(15(17)18)11-6-8-12(9-7-11)19-14-5-3-2-4-13(14)16/h2-10H,1H3,(H,17,18). The Morgan fingerprint density at radius 1 is 1.16 bits per heavy atom. The summed E-state index contributed by atoms with van der Waals surface area (Å²) in [6.45, 7) is 1.61. The maximum absolute atomic E-state index is 13.4. The number of rotatable bonds is 4. The van der Waals surface area contributed by atoms with E-state index >= 15 is 0 Å². The minimum Gasteiger partial charge on any atom is -0.481 e. The van der Waals surface area contributed by atoms with Crippen molar-refractivity contribution in [1.29, 1.82) is 0 Å². The van der Waals surface area contributed by atoms with E-state index in [9.17, 15) is 9.18 Å². The first-order valence-corrected chi connectivity index (χ1v) is 5.83. The summed E-state index contributed by atoms with van der Waals surface area (Å²) >= 11 is 0. The Bertz CT molecular complexity index is 578. The average Bonchev–Trinajstić information content (AvgIpc) is 2.41. The minimum atomic E-state index is -0.886. The first-order valence-electron chi connectivity index (χ1n) is 5.83. The van der Waals surface area contributed by atoms with Gasteiger partial charge in [0.2, 0.25) is 0 Å². The Labute approximate surface area is 110 Å². The molecule has 0 bridgehead atoms. The highest BCUT2D eigenvalue weighted by atomic mass is 19.1. The van der Waals surface area contributed by atoms with Crippen molar-refractivity contribution in [1.82, 2.24) is 0 Å². The zero-order valence-corrected chi connectivity index (χ0v) is 10.3. The summed E-state index contributed by atoms with van der Waals surface area (Å²) in [5.41, 5.74) is 0.674. The van der Waals surface area contributed by atoms with Crippen LogP contribution in [0.1, 0.15) is 18.4 Å². The van der Waals surface area contributed by atoms with E-state index in [-0.39, 0.29) is 5.75 Å². The average molecular weight is 260 g/mol. The van der Waals surface area contributed by atoms with Crippen molar-refractivity contribution in [2.75, 3.05) is 0 Å². The molecule has 98 valence electrons. The van der Waals surface area contributed by atoms with Gasteiger partial charge in [-0.05, 0) is 36.8 Å². The first-order chi connectivity index (χ1) is 9.08. The van der Waals surface area contributed by atoms with Crippen LogP contribution in [0.3, 0.4) is 0 Å². The molecule has 2 aromatic rings. The van der Waals surface area contributed by atoms with Crippen LogP contribution in [0.4, 0.5) is 4.39 Å². The molecule has 2 aromatic carbocycles. The number of halogens is 1. The van der Waals surface area contributed by atoms with Crippen molar-refractivity contribution < 1.29 is 19.0 Å². The molecule has 0 radical (unpaired) electrons. The third-order valence-electron chi connectivity index (χ3n) is 2.81. The molecule has 3 nitrogen and oxygen atoms in total. The van der Waals surface area contributed by atoms with Gasteiger partial charge in [-0.15, -0.1) is 0 Å². The molecule has 19 heavy (non-hydrogen) atoms. The number of hydrogen-bond donors (Lipinski definition) is 1. The summed E-state index contributed by atoms with van der Waals surface area (Å²) < 4.78 is 18.8. The molecular formula is C15H13FO3. The Balaban J connectivity index is 2.15. The summed E-state index contributed by atoms with van der Waals surface area (Å²) in [5, 5.41) is 8.90. The van der Waals surface area contributed by atoms with E-state index in [1.54, 1.807) is 43.3 Å². The number of carboxylic acid groups (broad SMARTS) is 1. The first kappa shape index (κ1) is 13.1. The molecule has 2 rings (SSSR count). The minimum absolute atomic E-state index is 0.140. The summed E-state index contributed by atoms with van der Waals surface area (Å²) in [6.07, 6.45) is 0. The molecule has 0 saturated carbocycles. The highest BCUT2D eigenvalue weighted by Gasteiger charge is 2.13. The molecule has 0 aliphatic carbocycles. The van der Waals surface area contributed by atoms with Crippen LogP contribution in [0.15, 0.2) is 48.5 Å².